The number of aliphatic hydroxyl groups is 1. The molecular weight excluding hydrogens is 709 g/mol. The zero-order valence-electron chi connectivity index (χ0n) is 24.3. The molecule has 0 spiro atoms. The predicted octanol–water partition coefficient (Wildman–Crippen LogP) is 0.245. The molecule has 0 amide bonds. The number of aliphatic hydroxyl groups excluding tert-OH is 1. The monoisotopic (exact) mass is 737 g/mol. The lowest BCUT2D eigenvalue weighted by Gasteiger charge is -2.30. The molecule has 0 saturated carbocycles. The van der Waals surface area contributed by atoms with Crippen LogP contribution >= 0.6 is 26.2 Å². The molecule has 20 nitrogen and oxygen atoms in total. The summed E-state index contributed by atoms with van der Waals surface area (Å²) in [5.41, 5.74) is 9.75. The Morgan fingerprint density at radius 1 is 1.19 bits per heavy atom. The van der Waals surface area contributed by atoms with Gasteiger partial charge in [0.05, 0.1) is 19.3 Å². The Labute approximate surface area is 274 Å². The van der Waals surface area contributed by atoms with Crippen LogP contribution in [0.5, 0.6) is 0 Å². The van der Waals surface area contributed by atoms with Crippen LogP contribution in [-0.4, -0.2) is 106 Å². The molecule has 47 heavy (non-hydrogen) atoms. The predicted molar refractivity (Wildman–Crippen MR) is 166 cm³/mol. The summed E-state index contributed by atoms with van der Waals surface area (Å²) < 4.78 is 63.7. The average Bonchev–Trinajstić information content (AvgIpc) is 3.76. The van der Waals surface area contributed by atoms with E-state index in [4.69, 9.17) is 51.1 Å². The van der Waals surface area contributed by atoms with E-state index in [1.165, 1.54) is 35.8 Å². The number of methoxy groups -OCH3 is 1. The number of thiol groups is 1. The van der Waals surface area contributed by atoms with Crippen LogP contribution in [0.2, 0.25) is 0 Å². The molecule has 6 rings (SSSR count). The smallest absolute Gasteiger partial charge is 0.387 e. The minimum Gasteiger partial charge on any atom is -0.387 e. The van der Waals surface area contributed by atoms with Gasteiger partial charge < -0.3 is 40.2 Å². The summed E-state index contributed by atoms with van der Waals surface area (Å²) in [7, 11) is -1.06. The number of anilines is 2. The van der Waals surface area contributed by atoms with E-state index in [-0.39, 0.29) is 22.9 Å². The van der Waals surface area contributed by atoms with Crippen LogP contribution in [0.4, 0.5) is 16.2 Å². The second kappa shape index (κ2) is 12.9. The number of rotatable bonds is 11. The number of aromatic nitrogens is 8. The van der Waals surface area contributed by atoms with E-state index in [1.54, 1.807) is 0 Å². The van der Waals surface area contributed by atoms with E-state index in [0.29, 0.717) is 11.2 Å². The highest BCUT2D eigenvalue weighted by molar-refractivity contribution is 8.39. The van der Waals surface area contributed by atoms with Gasteiger partial charge in [-0.25, -0.2) is 24.3 Å². The zero-order chi connectivity index (χ0) is 33.8. The molecule has 0 aromatic carbocycles. The van der Waals surface area contributed by atoms with E-state index < -0.39 is 81.4 Å². The molecule has 2 saturated heterocycles. The summed E-state index contributed by atoms with van der Waals surface area (Å²) in [4.78, 5) is 46.2. The molecule has 2 fully saturated rings. The van der Waals surface area contributed by atoms with Crippen molar-refractivity contribution in [2.75, 3.05) is 31.8 Å². The number of halogens is 1. The molecule has 0 aliphatic carbocycles. The van der Waals surface area contributed by atoms with Crippen LogP contribution in [0.3, 0.4) is 0 Å². The van der Waals surface area contributed by atoms with Gasteiger partial charge >= 0.3 is 13.9 Å². The van der Waals surface area contributed by atoms with Crippen molar-refractivity contribution in [3.8, 4) is 0 Å². The number of nitrogens with zero attached hydrogens (tertiary/aromatic N) is 7. The third-order valence-electron chi connectivity index (χ3n) is 7.65. The van der Waals surface area contributed by atoms with Gasteiger partial charge in [-0.1, -0.05) is 0 Å². The number of nitrogens with two attached hydrogens (primary N) is 2. The maximum Gasteiger partial charge on any atom is 0.582 e. The van der Waals surface area contributed by atoms with Crippen molar-refractivity contribution < 1.29 is 46.7 Å². The quantitative estimate of drug-likeness (QED) is 0.0889. The SMILES string of the molecule is CO[C@H]1[C@@H](n2cnc3c(N)ncnc32)O[C@](C)(COP(O)(=S)O[C@@H]2[C@H](F)[C@@H](CO[P+](=O)S)O[C@H]2n2cnc3c(=O)[nH]c(N)nc32)[C@H]1O. The van der Waals surface area contributed by atoms with Gasteiger partial charge in [-0.3, -0.25) is 23.4 Å². The largest absolute Gasteiger partial charge is 0.582 e. The lowest BCUT2D eigenvalue weighted by atomic mass is 9.98. The maximum atomic E-state index is 15.9. The standard InChI is InChI=1S/C22H27FN10O10P2S2/c1-22(14(34)13(38-2)20(42-22)32-6-28-10-15(24)26-5-27-16(10)32)4-40-45(37,47)43-12-9(23)8(3-39-44(36)46)41-19(12)33-7-29-11-17(33)30-21(25)31-18(11)35/h5-9,12-14,19-20,34H,3-4H2,1-2H3,(H6-,24,25,26,27,30,31,35,36,37,46,47)/p+1/t8-,9-,12-,13-,14+,19-,20+,22-,45?/m1/s1. The number of hydrogen-bond donors (Lipinski definition) is 6. The number of ether oxygens (including phenoxy) is 3. The minimum absolute atomic E-state index is 0.0864. The molecule has 0 radical (unpaired) electrons. The average molecular weight is 738 g/mol. The molecule has 25 heteroatoms. The van der Waals surface area contributed by atoms with E-state index >= 15 is 4.39 Å². The Morgan fingerprint density at radius 3 is 2.60 bits per heavy atom. The second-order valence-corrected chi connectivity index (χ2v) is 15.2. The number of imidazole rings is 2. The number of aromatic amines is 1. The summed E-state index contributed by atoms with van der Waals surface area (Å²) in [6, 6.07) is 0. The third kappa shape index (κ3) is 6.38. The van der Waals surface area contributed by atoms with Crippen LogP contribution in [0.25, 0.3) is 22.3 Å². The summed E-state index contributed by atoms with van der Waals surface area (Å²) in [5.74, 6) is -0.122. The van der Waals surface area contributed by atoms with Gasteiger partial charge in [0.2, 0.25) is 5.95 Å². The van der Waals surface area contributed by atoms with E-state index in [0.717, 1.165) is 6.33 Å². The molecule has 254 valence electrons. The molecule has 4 aromatic heterocycles. The van der Waals surface area contributed by atoms with Crippen molar-refractivity contribution in [1.82, 2.24) is 39.0 Å². The number of fused-ring (bicyclic) bond motifs is 2. The van der Waals surface area contributed by atoms with Crippen LogP contribution in [-0.2, 0) is 44.2 Å². The number of hydrogen-bond acceptors (Lipinski definition) is 17. The fourth-order valence-corrected chi connectivity index (χ4v) is 7.32. The van der Waals surface area contributed by atoms with Crippen LogP contribution in [0, 0.1) is 0 Å². The van der Waals surface area contributed by atoms with Crippen molar-refractivity contribution in [3.63, 3.8) is 0 Å². The fourth-order valence-electron chi connectivity index (χ4n) is 5.38. The fraction of sp³-hybridized carbons (Fsp3) is 0.545. The molecule has 10 atom stereocenters. The van der Waals surface area contributed by atoms with Gasteiger partial charge in [0.1, 0.15) is 60.7 Å². The Balaban J connectivity index is 1.24. The Bertz CT molecular complexity index is 1940. The number of alkyl halides is 1. The Hall–Kier alpha value is -2.79. The molecule has 7 N–H and O–H groups in total. The van der Waals surface area contributed by atoms with Crippen LogP contribution in [0.1, 0.15) is 19.4 Å². The number of nitrogen functional groups attached to an aromatic ring is 2. The first kappa shape index (κ1) is 34.1. The topological polar surface area (TPSA) is 272 Å². The van der Waals surface area contributed by atoms with Gasteiger partial charge in [0, 0.05) is 7.11 Å². The first-order chi connectivity index (χ1) is 22.2. The normalized spacial score (nSPS) is 31.1. The van der Waals surface area contributed by atoms with Gasteiger partial charge in [-0.05, 0) is 23.3 Å². The summed E-state index contributed by atoms with van der Waals surface area (Å²) >= 11 is 8.91. The van der Waals surface area contributed by atoms with Crippen LogP contribution in [0.15, 0.2) is 23.8 Å². The van der Waals surface area contributed by atoms with E-state index in [1.807, 2.05) is 0 Å². The summed E-state index contributed by atoms with van der Waals surface area (Å²) in [6.45, 7) is -3.96. The van der Waals surface area contributed by atoms with Gasteiger partial charge in [-0.2, -0.15) is 4.98 Å². The molecular formula is C22H28FN10O10P2S2+. The minimum atomic E-state index is -4.37. The Kier molecular flexibility index (Phi) is 9.37. The number of nitrogens with one attached hydrogen (secondary N) is 1. The van der Waals surface area contributed by atoms with Gasteiger partial charge in [-0.15, -0.1) is 4.52 Å². The van der Waals surface area contributed by atoms with Gasteiger partial charge in [0.15, 0.2) is 41.3 Å². The molecule has 6 heterocycles. The maximum absolute atomic E-state index is 15.9. The molecule has 2 aliphatic rings. The highest BCUT2D eigenvalue weighted by Gasteiger charge is 2.55. The first-order valence-electron chi connectivity index (χ1n) is 13.5. The third-order valence-corrected chi connectivity index (χ3v) is 9.90. The zero-order valence-corrected chi connectivity index (χ0v) is 27.8. The molecule has 2 aliphatic heterocycles. The molecule has 4 aromatic rings. The summed E-state index contributed by atoms with van der Waals surface area (Å²) in [5, 5.41) is 11.2. The van der Waals surface area contributed by atoms with Crippen molar-refractivity contribution in [2.24, 2.45) is 0 Å². The summed E-state index contributed by atoms with van der Waals surface area (Å²) in [6.07, 6.45) is -6.12. The van der Waals surface area contributed by atoms with Crippen LogP contribution < -0.4 is 17.0 Å². The Morgan fingerprint density at radius 2 is 1.89 bits per heavy atom. The van der Waals surface area contributed by atoms with Crippen molar-refractivity contribution in [1.29, 1.82) is 0 Å². The van der Waals surface area contributed by atoms with E-state index in [2.05, 4.69) is 42.2 Å². The lowest BCUT2D eigenvalue weighted by molar-refractivity contribution is -0.114. The lowest BCUT2D eigenvalue weighted by Crippen LogP contribution is -2.44. The van der Waals surface area contributed by atoms with Crippen molar-refractivity contribution >= 4 is 72.1 Å². The highest BCUT2D eigenvalue weighted by atomic mass is 32.7. The van der Waals surface area contributed by atoms with Gasteiger partial charge in [0.25, 0.3) is 5.56 Å². The number of H-pyrrole nitrogens is 1. The first-order valence-corrected chi connectivity index (χ1v) is 18.4. The van der Waals surface area contributed by atoms with Crippen molar-refractivity contribution in [2.45, 2.75) is 55.6 Å². The van der Waals surface area contributed by atoms with E-state index in [9.17, 15) is 19.4 Å². The van der Waals surface area contributed by atoms with Crippen molar-refractivity contribution in [3.05, 3.63) is 29.3 Å². The molecule has 2 unspecified atom stereocenters. The highest BCUT2D eigenvalue weighted by Crippen LogP contribution is 2.52. The molecule has 0 bridgehead atoms. The second-order valence-electron chi connectivity index (χ2n) is 10.7.